The van der Waals surface area contributed by atoms with Crippen LogP contribution in [0.15, 0.2) is 24.3 Å². The lowest BCUT2D eigenvalue weighted by atomic mass is 9.44. The third kappa shape index (κ3) is 5.22. The Labute approximate surface area is 247 Å². The maximum atomic E-state index is 10.7. The Kier molecular flexibility index (Phi) is 9.08. The summed E-state index contributed by atoms with van der Waals surface area (Å²) in [4.78, 5) is 0. The second kappa shape index (κ2) is 11.8. The second-order valence-electron chi connectivity index (χ2n) is 14.2. The first-order valence-electron chi connectivity index (χ1n) is 15.3. The summed E-state index contributed by atoms with van der Waals surface area (Å²) in [6.07, 6.45) is -3.64. The van der Waals surface area contributed by atoms with E-state index in [4.69, 9.17) is 18.9 Å². The summed E-state index contributed by atoms with van der Waals surface area (Å²) in [5.74, 6) is 0.414. The number of rotatable bonds is 7. The monoisotopic (exact) mass is 598 g/mol. The van der Waals surface area contributed by atoms with Gasteiger partial charge in [0.1, 0.15) is 42.7 Å². The Morgan fingerprint density at radius 2 is 1.38 bits per heavy atom. The van der Waals surface area contributed by atoms with Crippen LogP contribution < -0.4 is 0 Å². The Bertz CT molecular complexity index is 1020. The summed E-state index contributed by atoms with van der Waals surface area (Å²) >= 11 is 0. The average molecular weight is 599 g/mol. The van der Waals surface area contributed by atoms with Crippen LogP contribution in [0.3, 0.4) is 0 Å². The lowest BCUT2D eigenvalue weighted by Crippen LogP contribution is -2.61. The molecule has 11 heteroatoms. The molecule has 15 unspecified atom stereocenters. The molecular weight excluding hydrogens is 548 g/mol. The van der Waals surface area contributed by atoms with Crippen molar-refractivity contribution in [3.05, 3.63) is 24.3 Å². The van der Waals surface area contributed by atoms with Crippen molar-refractivity contribution in [1.82, 2.24) is 0 Å². The van der Waals surface area contributed by atoms with Gasteiger partial charge >= 0.3 is 0 Å². The van der Waals surface area contributed by atoms with E-state index < -0.39 is 80.0 Å². The molecule has 2 heterocycles. The van der Waals surface area contributed by atoms with E-state index >= 15 is 0 Å². The van der Waals surface area contributed by atoms with Crippen molar-refractivity contribution in [3.63, 3.8) is 0 Å². The van der Waals surface area contributed by atoms with Crippen molar-refractivity contribution in [1.29, 1.82) is 0 Å². The molecule has 0 aromatic heterocycles. The quantitative estimate of drug-likeness (QED) is 0.201. The normalized spacial score (nSPS) is 52.3. The molecule has 11 nitrogen and oxygen atoms in total. The van der Waals surface area contributed by atoms with Gasteiger partial charge in [0.15, 0.2) is 12.6 Å². The fourth-order valence-electron chi connectivity index (χ4n) is 8.76. The van der Waals surface area contributed by atoms with E-state index in [0.29, 0.717) is 12.8 Å². The standard InChI is InChI=1S/C31H50O11/c1-6-30(4)12-15-7-8-19-29(2,3)20(41-27-25(37)23(35)18(14-33)40-27)9-10-31(19,5)16(15)11-21(30)42-28-26(38)24(36)22(34)17(13-32)39-28/h6,12,16-28,32-38H,1,7-11,13-14H2,2-5H3. The van der Waals surface area contributed by atoms with Crippen molar-refractivity contribution in [3.8, 4) is 0 Å². The summed E-state index contributed by atoms with van der Waals surface area (Å²) in [5, 5.41) is 71.1. The molecule has 4 fully saturated rings. The molecule has 0 aromatic rings. The smallest absolute Gasteiger partial charge is 0.187 e. The van der Waals surface area contributed by atoms with Crippen molar-refractivity contribution in [2.24, 2.45) is 28.1 Å². The van der Waals surface area contributed by atoms with Crippen LogP contribution >= 0.6 is 0 Å². The van der Waals surface area contributed by atoms with Crippen LogP contribution in [-0.4, -0.2) is 116 Å². The number of fused-ring (bicyclic) bond motifs is 3. The lowest BCUT2D eigenvalue weighted by molar-refractivity contribution is -0.318. The number of ether oxygens (including phenoxy) is 4. The third-order valence-corrected chi connectivity index (χ3v) is 11.5. The minimum absolute atomic E-state index is 0.116. The van der Waals surface area contributed by atoms with Gasteiger partial charge in [-0.15, -0.1) is 6.58 Å². The Morgan fingerprint density at radius 1 is 0.833 bits per heavy atom. The third-order valence-electron chi connectivity index (χ3n) is 11.5. The minimum atomic E-state index is -1.52. The minimum Gasteiger partial charge on any atom is -0.394 e. The van der Waals surface area contributed by atoms with Gasteiger partial charge < -0.3 is 54.7 Å². The first kappa shape index (κ1) is 32.4. The molecule has 2 aliphatic heterocycles. The zero-order chi connectivity index (χ0) is 30.8. The van der Waals surface area contributed by atoms with Crippen LogP contribution in [-0.2, 0) is 18.9 Å². The predicted molar refractivity (Wildman–Crippen MR) is 150 cm³/mol. The van der Waals surface area contributed by atoms with Gasteiger partial charge in [-0.05, 0) is 54.8 Å². The van der Waals surface area contributed by atoms with Crippen LogP contribution in [0.25, 0.3) is 0 Å². The zero-order valence-electron chi connectivity index (χ0n) is 25.1. The lowest BCUT2D eigenvalue weighted by Gasteiger charge is -2.62. The first-order valence-corrected chi connectivity index (χ1v) is 15.3. The molecule has 5 aliphatic rings. The fourth-order valence-corrected chi connectivity index (χ4v) is 8.76. The maximum absolute atomic E-state index is 10.7. The number of allylic oxidation sites excluding steroid dienone is 1. The summed E-state index contributed by atoms with van der Waals surface area (Å²) in [7, 11) is 0. The van der Waals surface area contributed by atoms with Gasteiger partial charge in [0.25, 0.3) is 0 Å². The molecule has 0 amide bonds. The van der Waals surface area contributed by atoms with Crippen molar-refractivity contribution < 1.29 is 54.7 Å². The number of aliphatic hydroxyl groups excluding tert-OH is 7. The summed E-state index contributed by atoms with van der Waals surface area (Å²) in [5.41, 5.74) is 0.374. The van der Waals surface area contributed by atoms with Gasteiger partial charge in [-0.1, -0.05) is 45.4 Å². The van der Waals surface area contributed by atoms with Crippen LogP contribution in [0.1, 0.15) is 59.8 Å². The molecule has 0 aromatic carbocycles. The largest absolute Gasteiger partial charge is 0.394 e. The summed E-state index contributed by atoms with van der Waals surface area (Å²) in [6, 6.07) is 0. The van der Waals surface area contributed by atoms with E-state index in [1.54, 1.807) is 0 Å². The average Bonchev–Trinajstić information content (AvgIpc) is 3.23. The van der Waals surface area contributed by atoms with Gasteiger partial charge in [-0.2, -0.15) is 0 Å². The van der Waals surface area contributed by atoms with E-state index in [0.717, 1.165) is 19.3 Å². The van der Waals surface area contributed by atoms with Crippen molar-refractivity contribution >= 4 is 0 Å². The SMILES string of the molecule is C=CC1(C)C=C2CCC3C(C)(C)C(OC4OC(CO)C(O)C4O)CCC3(C)C2CC1OC1OC(CO)C(O)C(O)C1O. The maximum Gasteiger partial charge on any atom is 0.187 e. The first-order chi connectivity index (χ1) is 19.7. The molecular formula is C31H50O11. The number of hydrogen-bond donors (Lipinski definition) is 7. The number of aliphatic hydroxyl groups is 7. The molecule has 42 heavy (non-hydrogen) atoms. The molecule has 2 saturated carbocycles. The van der Waals surface area contributed by atoms with E-state index in [1.807, 2.05) is 13.0 Å². The highest BCUT2D eigenvalue weighted by Gasteiger charge is 2.60. The Morgan fingerprint density at radius 3 is 1.95 bits per heavy atom. The summed E-state index contributed by atoms with van der Waals surface area (Å²) < 4.78 is 24.1. The zero-order valence-corrected chi connectivity index (χ0v) is 25.1. The van der Waals surface area contributed by atoms with Crippen molar-refractivity contribution in [2.45, 2.75) is 127 Å². The van der Waals surface area contributed by atoms with Crippen LogP contribution in [0, 0.1) is 28.1 Å². The molecule has 0 spiro atoms. The van der Waals surface area contributed by atoms with Gasteiger partial charge in [-0.3, -0.25) is 0 Å². The van der Waals surface area contributed by atoms with Crippen LogP contribution in [0.4, 0.5) is 0 Å². The highest BCUT2D eigenvalue weighted by Crippen LogP contribution is 2.64. The topological polar surface area (TPSA) is 179 Å². The van der Waals surface area contributed by atoms with Gasteiger partial charge in [-0.25, -0.2) is 0 Å². The fraction of sp³-hybridized carbons (Fsp3) is 0.871. The van der Waals surface area contributed by atoms with E-state index in [2.05, 4.69) is 33.4 Å². The Balaban J connectivity index is 1.36. The van der Waals surface area contributed by atoms with Crippen LogP contribution in [0.2, 0.25) is 0 Å². The molecule has 240 valence electrons. The van der Waals surface area contributed by atoms with Crippen LogP contribution in [0.5, 0.6) is 0 Å². The molecule has 15 atom stereocenters. The highest BCUT2D eigenvalue weighted by molar-refractivity contribution is 5.29. The molecule has 2 saturated heterocycles. The molecule has 0 bridgehead atoms. The van der Waals surface area contributed by atoms with E-state index in [1.165, 1.54) is 5.57 Å². The number of hydrogen-bond acceptors (Lipinski definition) is 11. The van der Waals surface area contributed by atoms with Gasteiger partial charge in [0.2, 0.25) is 0 Å². The van der Waals surface area contributed by atoms with E-state index in [9.17, 15) is 35.7 Å². The molecule has 3 aliphatic carbocycles. The Hall–Kier alpha value is -0.960. The molecule has 0 radical (unpaired) electrons. The predicted octanol–water partition coefficient (Wildman–Crippen LogP) is 0.371. The molecule has 7 N–H and O–H groups in total. The van der Waals surface area contributed by atoms with Gasteiger partial charge in [0.05, 0.1) is 25.4 Å². The second-order valence-corrected chi connectivity index (χ2v) is 14.2. The highest BCUT2D eigenvalue weighted by atomic mass is 16.7. The van der Waals surface area contributed by atoms with Crippen molar-refractivity contribution in [2.75, 3.05) is 13.2 Å². The summed E-state index contributed by atoms with van der Waals surface area (Å²) in [6.45, 7) is 11.9. The van der Waals surface area contributed by atoms with Gasteiger partial charge in [0, 0.05) is 5.41 Å². The van der Waals surface area contributed by atoms with E-state index in [-0.39, 0.29) is 28.8 Å². The molecule has 5 rings (SSSR count).